The van der Waals surface area contributed by atoms with Gasteiger partial charge in [-0.1, -0.05) is 24.3 Å². The lowest BCUT2D eigenvalue weighted by Crippen LogP contribution is -2.12. The van der Waals surface area contributed by atoms with Crippen molar-refractivity contribution >= 4 is 10.1 Å². The number of rotatable bonds is 5. The minimum absolute atomic E-state index is 0.175. The fourth-order valence-corrected chi connectivity index (χ4v) is 3.19. The van der Waals surface area contributed by atoms with E-state index in [2.05, 4.69) is 0 Å². The van der Waals surface area contributed by atoms with Gasteiger partial charge in [0.2, 0.25) is 0 Å². The molecule has 0 atom stereocenters. The highest BCUT2D eigenvalue weighted by atomic mass is 32.2. The van der Waals surface area contributed by atoms with Crippen LogP contribution in [0.5, 0.6) is 11.5 Å². The molecule has 2 rings (SSSR count). The lowest BCUT2D eigenvalue weighted by atomic mass is 10.2. The largest absolute Gasteiger partial charge is 0.490 e. The fourth-order valence-electron chi connectivity index (χ4n) is 1.93. The number of hydrogen-bond acceptors (Lipinski definition) is 4. The molecule has 0 fully saturated rings. The second kappa shape index (κ2) is 6.18. The van der Waals surface area contributed by atoms with Crippen LogP contribution in [0.2, 0.25) is 0 Å². The van der Waals surface area contributed by atoms with Crippen LogP contribution in [0.25, 0.3) is 0 Å². The third kappa shape index (κ3) is 3.55. The predicted molar refractivity (Wildman–Crippen MR) is 81.3 cm³/mol. The van der Waals surface area contributed by atoms with E-state index in [4.69, 9.17) is 8.92 Å². The van der Waals surface area contributed by atoms with E-state index in [1.54, 1.807) is 43.3 Å². The highest BCUT2D eigenvalue weighted by molar-refractivity contribution is 7.87. The average Bonchev–Trinajstić information content (AvgIpc) is 2.43. The third-order valence-corrected chi connectivity index (χ3v) is 4.34. The lowest BCUT2D eigenvalue weighted by molar-refractivity contribution is 0.327. The van der Waals surface area contributed by atoms with E-state index in [0.29, 0.717) is 17.9 Å². The summed E-state index contributed by atoms with van der Waals surface area (Å²) in [6, 6.07) is 12.0. The standard InChI is InChI=1S/C16H18O4S/c1-4-19-14-7-5-6-8-15(14)20-21(17,18)16-11-12(2)9-10-13(16)3/h5-11H,4H2,1-3H3. The maximum atomic E-state index is 12.5. The summed E-state index contributed by atoms with van der Waals surface area (Å²) >= 11 is 0. The predicted octanol–water partition coefficient (Wildman–Crippen LogP) is 3.47. The van der Waals surface area contributed by atoms with Gasteiger partial charge in [-0.25, -0.2) is 0 Å². The van der Waals surface area contributed by atoms with Crippen LogP contribution in [0.1, 0.15) is 18.1 Å². The topological polar surface area (TPSA) is 52.6 Å². The summed E-state index contributed by atoms with van der Waals surface area (Å²) in [6.07, 6.45) is 0. The van der Waals surface area contributed by atoms with E-state index in [9.17, 15) is 8.42 Å². The Kier molecular flexibility index (Phi) is 4.53. The molecule has 0 spiro atoms. The number of hydrogen-bond donors (Lipinski definition) is 0. The van der Waals surface area contributed by atoms with Crippen LogP contribution in [-0.4, -0.2) is 15.0 Å². The Morgan fingerprint density at radius 1 is 1.00 bits per heavy atom. The van der Waals surface area contributed by atoms with E-state index < -0.39 is 10.1 Å². The van der Waals surface area contributed by atoms with Gasteiger partial charge in [-0.3, -0.25) is 0 Å². The van der Waals surface area contributed by atoms with Gasteiger partial charge in [0.05, 0.1) is 6.61 Å². The number of para-hydroxylation sites is 2. The average molecular weight is 306 g/mol. The molecule has 0 heterocycles. The van der Waals surface area contributed by atoms with Crippen molar-refractivity contribution < 1.29 is 17.3 Å². The minimum atomic E-state index is -3.89. The van der Waals surface area contributed by atoms with Crippen molar-refractivity contribution in [2.75, 3.05) is 6.61 Å². The fraction of sp³-hybridized carbons (Fsp3) is 0.250. The third-order valence-electron chi connectivity index (χ3n) is 2.96. The van der Waals surface area contributed by atoms with Gasteiger partial charge in [-0.15, -0.1) is 0 Å². The zero-order valence-corrected chi connectivity index (χ0v) is 13.1. The van der Waals surface area contributed by atoms with Crippen LogP contribution in [0.3, 0.4) is 0 Å². The van der Waals surface area contributed by atoms with E-state index in [1.165, 1.54) is 0 Å². The number of aryl methyl sites for hydroxylation is 2. The minimum Gasteiger partial charge on any atom is -0.490 e. The Morgan fingerprint density at radius 2 is 1.67 bits per heavy atom. The molecule has 0 aliphatic rings. The Morgan fingerprint density at radius 3 is 2.33 bits per heavy atom. The van der Waals surface area contributed by atoms with Crippen LogP contribution in [0.15, 0.2) is 47.4 Å². The first kappa shape index (κ1) is 15.4. The van der Waals surface area contributed by atoms with Gasteiger partial charge in [0.1, 0.15) is 4.90 Å². The monoisotopic (exact) mass is 306 g/mol. The molecule has 2 aromatic carbocycles. The SMILES string of the molecule is CCOc1ccccc1OS(=O)(=O)c1cc(C)ccc1C. The molecule has 0 aliphatic heterocycles. The first-order valence-corrected chi connectivity index (χ1v) is 8.08. The van der Waals surface area contributed by atoms with Crippen molar-refractivity contribution in [1.82, 2.24) is 0 Å². The molecule has 0 amide bonds. The van der Waals surface area contributed by atoms with Gasteiger partial charge >= 0.3 is 10.1 Å². The summed E-state index contributed by atoms with van der Waals surface area (Å²) in [5.41, 5.74) is 1.51. The summed E-state index contributed by atoms with van der Waals surface area (Å²) < 4.78 is 35.5. The highest BCUT2D eigenvalue weighted by Crippen LogP contribution is 2.30. The molecule has 21 heavy (non-hydrogen) atoms. The van der Waals surface area contributed by atoms with Crippen molar-refractivity contribution in [3.8, 4) is 11.5 Å². The van der Waals surface area contributed by atoms with Gasteiger partial charge in [-0.2, -0.15) is 8.42 Å². The first-order valence-electron chi connectivity index (χ1n) is 6.67. The molecule has 0 saturated carbocycles. The van der Waals surface area contributed by atoms with Crippen LogP contribution < -0.4 is 8.92 Å². The summed E-state index contributed by atoms with van der Waals surface area (Å²) in [5, 5.41) is 0. The molecule has 0 bridgehead atoms. The lowest BCUT2D eigenvalue weighted by Gasteiger charge is -2.13. The molecule has 0 aliphatic carbocycles. The smallest absolute Gasteiger partial charge is 0.339 e. The summed E-state index contributed by atoms with van der Waals surface area (Å²) in [6.45, 7) is 5.84. The second-order valence-corrected chi connectivity index (χ2v) is 6.20. The van der Waals surface area contributed by atoms with Crippen molar-refractivity contribution in [3.63, 3.8) is 0 Å². The molecular formula is C16H18O4S. The summed E-state index contributed by atoms with van der Waals surface area (Å²) in [7, 11) is -3.89. The Balaban J connectivity index is 2.40. The molecule has 112 valence electrons. The molecule has 0 aromatic heterocycles. The molecule has 0 unspecified atom stereocenters. The van der Waals surface area contributed by atoms with Gasteiger partial charge < -0.3 is 8.92 Å². The van der Waals surface area contributed by atoms with E-state index in [0.717, 1.165) is 5.56 Å². The highest BCUT2D eigenvalue weighted by Gasteiger charge is 2.21. The normalized spacial score (nSPS) is 11.2. The van der Waals surface area contributed by atoms with Gasteiger partial charge in [-0.05, 0) is 50.1 Å². The van der Waals surface area contributed by atoms with Crippen molar-refractivity contribution in [1.29, 1.82) is 0 Å². The van der Waals surface area contributed by atoms with E-state index in [1.807, 2.05) is 19.9 Å². The molecule has 2 aromatic rings. The molecule has 0 N–H and O–H groups in total. The van der Waals surface area contributed by atoms with Gasteiger partial charge in [0, 0.05) is 0 Å². The van der Waals surface area contributed by atoms with Gasteiger partial charge in [0.25, 0.3) is 0 Å². The Bertz CT molecular complexity index is 736. The maximum absolute atomic E-state index is 12.5. The Labute approximate surface area is 125 Å². The number of ether oxygens (including phenoxy) is 1. The molecule has 0 saturated heterocycles. The zero-order chi connectivity index (χ0) is 15.5. The molecular weight excluding hydrogens is 288 g/mol. The maximum Gasteiger partial charge on any atom is 0.339 e. The molecule has 5 heteroatoms. The van der Waals surface area contributed by atoms with Crippen molar-refractivity contribution in [3.05, 3.63) is 53.6 Å². The zero-order valence-electron chi connectivity index (χ0n) is 12.3. The summed E-state index contributed by atoms with van der Waals surface area (Å²) in [4.78, 5) is 0.175. The van der Waals surface area contributed by atoms with Crippen LogP contribution >= 0.6 is 0 Å². The van der Waals surface area contributed by atoms with Crippen LogP contribution in [-0.2, 0) is 10.1 Å². The molecule has 0 radical (unpaired) electrons. The number of benzene rings is 2. The van der Waals surface area contributed by atoms with E-state index >= 15 is 0 Å². The Hall–Kier alpha value is -2.01. The van der Waals surface area contributed by atoms with Crippen molar-refractivity contribution in [2.24, 2.45) is 0 Å². The van der Waals surface area contributed by atoms with Crippen molar-refractivity contribution in [2.45, 2.75) is 25.7 Å². The van der Waals surface area contributed by atoms with Crippen LogP contribution in [0.4, 0.5) is 0 Å². The first-order chi connectivity index (χ1) is 9.94. The van der Waals surface area contributed by atoms with Gasteiger partial charge in [0.15, 0.2) is 11.5 Å². The molecule has 4 nitrogen and oxygen atoms in total. The quantitative estimate of drug-likeness (QED) is 0.794. The van der Waals surface area contributed by atoms with E-state index in [-0.39, 0.29) is 10.6 Å². The van der Waals surface area contributed by atoms with Crippen LogP contribution in [0, 0.1) is 13.8 Å². The summed E-state index contributed by atoms with van der Waals surface area (Å²) in [5.74, 6) is 0.606. The second-order valence-electron chi connectivity index (χ2n) is 4.69.